The predicted molar refractivity (Wildman–Crippen MR) is 82.8 cm³/mol. The second-order valence-corrected chi connectivity index (χ2v) is 6.79. The maximum Gasteiger partial charge on any atom is 0.410 e. The summed E-state index contributed by atoms with van der Waals surface area (Å²) < 4.78 is 38.5. The second-order valence-electron chi connectivity index (χ2n) is 6.79. The Labute approximate surface area is 142 Å². The molecule has 0 aromatic carbocycles. The van der Waals surface area contributed by atoms with Gasteiger partial charge in [0.1, 0.15) is 11.8 Å². The normalized spacial score (nSPS) is 19.6. The fourth-order valence-corrected chi connectivity index (χ4v) is 2.27. The van der Waals surface area contributed by atoms with Crippen molar-refractivity contribution in [3.05, 3.63) is 27.9 Å². The van der Waals surface area contributed by atoms with Crippen LogP contribution in [0.15, 0.2) is 12.3 Å². The Morgan fingerprint density at radius 2 is 2.12 bits per heavy atom. The zero-order chi connectivity index (χ0) is 19.0. The summed E-state index contributed by atoms with van der Waals surface area (Å²) in [6.07, 6.45) is -1.52. The summed E-state index contributed by atoms with van der Waals surface area (Å²) in [5, 5.41) is 10.8. The first-order valence-corrected chi connectivity index (χ1v) is 7.52. The summed E-state index contributed by atoms with van der Waals surface area (Å²) in [5.41, 5.74) is -0.802. The van der Waals surface area contributed by atoms with Gasteiger partial charge in [-0.05, 0) is 27.7 Å². The Morgan fingerprint density at radius 3 is 2.64 bits per heavy atom. The number of ether oxygens (including phenoxy) is 2. The molecule has 2 heterocycles. The zero-order valence-corrected chi connectivity index (χ0v) is 14.3. The Hall–Kier alpha value is -2.52. The molecule has 1 saturated heterocycles. The highest BCUT2D eigenvalue weighted by Gasteiger charge is 2.52. The average Bonchev–Trinajstić information content (AvgIpc) is 2.72. The molecule has 1 aromatic heterocycles. The molecule has 0 aliphatic carbocycles. The van der Waals surface area contributed by atoms with Crippen LogP contribution in [0.2, 0.25) is 0 Å². The van der Waals surface area contributed by atoms with Crippen LogP contribution >= 0.6 is 0 Å². The maximum absolute atomic E-state index is 14.1. The lowest BCUT2D eigenvalue weighted by molar-refractivity contribution is -0.385. The van der Waals surface area contributed by atoms with Gasteiger partial charge in [0.25, 0.3) is 5.69 Å². The zero-order valence-electron chi connectivity index (χ0n) is 14.3. The van der Waals surface area contributed by atoms with E-state index in [1.807, 2.05) is 0 Å². The van der Waals surface area contributed by atoms with Crippen LogP contribution in [0.5, 0.6) is 5.88 Å². The van der Waals surface area contributed by atoms with Crippen molar-refractivity contribution in [1.82, 2.24) is 9.88 Å². The summed E-state index contributed by atoms with van der Waals surface area (Å²) in [5.74, 6) is -3.47. The lowest BCUT2D eigenvalue weighted by atomic mass is 10.2. The van der Waals surface area contributed by atoms with Gasteiger partial charge in [-0.3, -0.25) is 15.0 Å². The van der Waals surface area contributed by atoms with E-state index in [0.717, 1.165) is 11.1 Å². The number of hydrogen-bond acceptors (Lipinski definition) is 6. The van der Waals surface area contributed by atoms with Crippen LogP contribution in [0.4, 0.5) is 19.3 Å². The second kappa shape index (κ2) is 6.41. The van der Waals surface area contributed by atoms with E-state index in [-0.39, 0.29) is 23.7 Å². The number of amides is 1. The summed E-state index contributed by atoms with van der Waals surface area (Å²) in [6, 6.07) is 1.21. The van der Waals surface area contributed by atoms with E-state index in [9.17, 15) is 23.7 Å². The number of carbonyl (C=O) groups is 1. The van der Waals surface area contributed by atoms with Crippen molar-refractivity contribution >= 4 is 11.8 Å². The monoisotopic (exact) mass is 359 g/mol. The Balaban J connectivity index is 2.11. The summed E-state index contributed by atoms with van der Waals surface area (Å²) in [4.78, 5) is 26.6. The van der Waals surface area contributed by atoms with E-state index in [1.165, 1.54) is 13.0 Å². The lowest BCUT2D eigenvalue weighted by Gasteiger charge is -2.24. The first-order chi connectivity index (χ1) is 11.4. The van der Waals surface area contributed by atoms with Crippen LogP contribution in [-0.4, -0.2) is 51.6 Å². The summed E-state index contributed by atoms with van der Waals surface area (Å²) >= 11 is 0. The minimum Gasteiger partial charge on any atom is -0.466 e. The highest BCUT2D eigenvalue weighted by molar-refractivity contribution is 5.68. The molecule has 25 heavy (non-hydrogen) atoms. The Kier molecular flexibility index (Phi) is 4.83. The minimum atomic E-state index is -3.30. The molecular weight excluding hydrogens is 340 g/mol. The number of aromatic nitrogens is 1. The number of likely N-dealkylation sites (tertiary alicyclic amines) is 1. The fraction of sp³-hybridized carbons (Fsp3) is 0.600. The smallest absolute Gasteiger partial charge is 0.410 e. The molecule has 10 heteroatoms. The van der Waals surface area contributed by atoms with Gasteiger partial charge in [0.2, 0.25) is 5.88 Å². The molecule has 138 valence electrons. The molecular formula is C15H19F2N3O5. The first kappa shape index (κ1) is 18.8. The number of aryl methyl sites for hydroxylation is 1. The van der Waals surface area contributed by atoms with Gasteiger partial charge in [0.05, 0.1) is 18.0 Å². The van der Waals surface area contributed by atoms with Crippen LogP contribution in [0.3, 0.4) is 0 Å². The van der Waals surface area contributed by atoms with Gasteiger partial charge in [-0.1, -0.05) is 0 Å². The van der Waals surface area contributed by atoms with Gasteiger partial charge in [0, 0.05) is 11.6 Å². The molecule has 2 rings (SSSR count). The number of pyridine rings is 1. The third-order valence-corrected chi connectivity index (χ3v) is 3.43. The largest absolute Gasteiger partial charge is 0.466 e. The molecule has 1 atom stereocenters. The molecule has 0 bridgehead atoms. The Morgan fingerprint density at radius 1 is 1.48 bits per heavy atom. The average molecular weight is 359 g/mol. The third-order valence-electron chi connectivity index (χ3n) is 3.43. The quantitative estimate of drug-likeness (QED) is 0.608. The molecule has 0 radical (unpaired) electrons. The molecule has 0 saturated carbocycles. The molecule has 0 N–H and O–H groups in total. The number of carbonyl (C=O) groups excluding carboxylic acids is 1. The molecule has 1 aromatic rings. The van der Waals surface area contributed by atoms with Gasteiger partial charge in [-0.15, -0.1) is 0 Å². The van der Waals surface area contributed by atoms with Crippen LogP contribution in [0, 0.1) is 17.0 Å². The number of nitro groups is 1. The third kappa shape index (κ3) is 4.52. The van der Waals surface area contributed by atoms with E-state index in [4.69, 9.17) is 9.47 Å². The highest BCUT2D eigenvalue weighted by atomic mass is 19.3. The Bertz CT molecular complexity index is 690. The van der Waals surface area contributed by atoms with Crippen LogP contribution in [0.25, 0.3) is 0 Å². The topological polar surface area (TPSA) is 94.8 Å². The molecule has 1 aliphatic heterocycles. The SMILES string of the molecule is Cc1cc(O[C@H]2CN(C(=O)OC(C)(C)C)CC2(F)F)ncc1[N+](=O)[O-]. The highest BCUT2D eigenvalue weighted by Crippen LogP contribution is 2.32. The molecule has 8 nitrogen and oxygen atoms in total. The molecule has 1 aliphatic rings. The molecule has 0 unspecified atom stereocenters. The maximum atomic E-state index is 14.1. The van der Waals surface area contributed by atoms with Crippen molar-refractivity contribution in [3.8, 4) is 5.88 Å². The fourth-order valence-electron chi connectivity index (χ4n) is 2.27. The van der Waals surface area contributed by atoms with E-state index in [2.05, 4.69) is 4.98 Å². The van der Waals surface area contributed by atoms with Gasteiger partial charge in [-0.2, -0.15) is 0 Å². The number of alkyl halides is 2. The van der Waals surface area contributed by atoms with Crippen molar-refractivity contribution in [2.45, 2.75) is 45.3 Å². The van der Waals surface area contributed by atoms with Gasteiger partial charge in [-0.25, -0.2) is 18.6 Å². The van der Waals surface area contributed by atoms with E-state index >= 15 is 0 Å². The predicted octanol–water partition coefficient (Wildman–Crippen LogP) is 2.93. The minimum absolute atomic E-state index is 0.168. The first-order valence-electron chi connectivity index (χ1n) is 7.52. The van der Waals surface area contributed by atoms with Crippen LogP contribution in [-0.2, 0) is 4.74 Å². The molecule has 1 fully saturated rings. The number of hydrogen-bond donors (Lipinski definition) is 0. The lowest BCUT2D eigenvalue weighted by Crippen LogP contribution is -2.36. The van der Waals surface area contributed by atoms with Crippen molar-refractivity contribution in [2.24, 2.45) is 0 Å². The number of rotatable bonds is 3. The van der Waals surface area contributed by atoms with Crippen molar-refractivity contribution in [2.75, 3.05) is 13.1 Å². The number of halogens is 2. The van der Waals surface area contributed by atoms with Crippen molar-refractivity contribution in [1.29, 1.82) is 0 Å². The van der Waals surface area contributed by atoms with Crippen molar-refractivity contribution < 1.29 is 28.0 Å². The summed E-state index contributed by atoms with van der Waals surface area (Å²) in [7, 11) is 0. The van der Waals surface area contributed by atoms with Gasteiger partial charge >= 0.3 is 12.0 Å². The van der Waals surface area contributed by atoms with Gasteiger partial charge in [0.15, 0.2) is 6.10 Å². The number of nitrogens with zero attached hydrogens (tertiary/aromatic N) is 3. The van der Waals surface area contributed by atoms with Crippen LogP contribution in [0.1, 0.15) is 26.3 Å². The molecule has 0 spiro atoms. The molecule has 1 amide bonds. The van der Waals surface area contributed by atoms with E-state index in [1.54, 1.807) is 20.8 Å². The van der Waals surface area contributed by atoms with E-state index in [0.29, 0.717) is 0 Å². The van der Waals surface area contributed by atoms with Crippen LogP contribution < -0.4 is 4.74 Å². The standard InChI is InChI=1S/C15H19F2N3O5/c1-9-5-12(18-6-10(9)20(22)23)24-11-7-19(8-15(11,16)17)13(21)25-14(2,3)4/h5-6,11H,7-8H2,1-4H3/t11-/m0/s1. The van der Waals surface area contributed by atoms with Gasteiger partial charge < -0.3 is 9.47 Å². The van der Waals surface area contributed by atoms with E-state index < -0.39 is 35.2 Å². The van der Waals surface area contributed by atoms with Crippen molar-refractivity contribution in [3.63, 3.8) is 0 Å². The summed E-state index contributed by atoms with van der Waals surface area (Å²) in [6.45, 7) is 5.15.